The summed E-state index contributed by atoms with van der Waals surface area (Å²) in [6.07, 6.45) is 0.444. The van der Waals surface area contributed by atoms with Crippen LogP contribution in [0.25, 0.3) is 10.8 Å². The van der Waals surface area contributed by atoms with Gasteiger partial charge in [-0.15, -0.1) is 10.2 Å². The van der Waals surface area contributed by atoms with Gasteiger partial charge < -0.3 is 4.74 Å². The molecule has 1 amide bonds. The second kappa shape index (κ2) is 8.31. The van der Waals surface area contributed by atoms with E-state index in [9.17, 15) is 4.79 Å². The molecule has 25 heavy (non-hydrogen) atoms. The molecule has 2 aromatic carbocycles. The van der Waals surface area contributed by atoms with E-state index >= 15 is 0 Å². The molecule has 0 radical (unpaired) electrons. The Bertz CT molecular complexity index is 866. The van der Waals surface area contributed by atoms with Crippen LogP contribution in [0.4, 0.5) is 5.13 Å². The van der Waals surface area contributed by atoms with Crippen molar-refractivity contribution in [3.05, 3.63) is 42.5 Å². The second-order valence-corrected chi connectivity index (χ2v) is 7.80. The second-order valence-electron chi connectivity index (χ2n) is 5.48. The van der Waals surface area contributed by atoms with Crippen molar-refractivity contribution in [3.8, 4) is 5.75 Å². The van der Waals surface area contributed by atoms with Crippen LogP contribution in [0, 0.1) is 0 Å². The first-order valence-corrected chi connectivity index (χ1v) is 9.88. The number of amides is 1. The minimum atomic E-state index is -0.628. The number of carbonyl (C=O) groups is 1. The van der Waals surface area contributed by atoms with Gasteiger partial charge in [0.15, 0.2) is 10.4 Å². The molecule has 0 aliphatic heterocycles. The minimum Gasteiger partial charge on any atom is -0.481 e. The molecule has 130 valence electrons. The number of benzene rings is 2. The van der Waals surface area contributed by atoms with Crippen molar-refractivity contribution < 1.29 is 9.53 Å². The van der Waals surface area contributed by atoms with Crippen molar-refractivity contribution in [3.63, 3.8) is 0 Å². The molecule has 0 saturated carbocycles. The monoisotopic (exact) mass is 373 g/mol. The van der Waals surface area contributed by atoms with Crippen LogP contribution in [0.1, 0.15) is 20.3 Å². The van der Waals surface area contributed by atoms with E-state index in [4.69, 9.17) is 4.74 Å². The van der Waals surface area contributed by atoms with Gasteiger partial charge in [-0.25, -0.2) is 0 Å². The molecule has 5 nitrogen and oxygen atoms in total. The van der Waals surface area contributed by atoms with Crippen LogP contribution in [0.2, 0.25) is 0 Å². The maximum absolute atomic E-state index is 12.3. The number of carbonyl (C=O) groups excluding carboxylic acids is 1. The average molecular weight is 374 g/mol. The molecule has 0 unspecified atom stereocenters. The number of thioether (sulfide) groups is 1. The fraction of sp³-hybridized carbons (Fsp3) is 0.278. The van der Waals surface area contributed by atoms with E-state index in [2.05, 4.69) is 22.4 Å². The summed E-state index contributed by atoms with van der Waals surface area (Å²) in [5.74, 6) is 1.42. The standard InChI is InChI=1S/C18H19N3O2S2/c1-3-10-24-18-21-20-17(25-18)19-16(22)12(2)23-15-9-8-13-6-4-5-7-14(13)11-15/h4-9,11-12H,3,10H2,1-2H3,(H,19,20,22)/t12-/m0/s1. The van der Waals surface area contributed by atoms with Crippen LogP contribution in [-0.2, 0) is 4.79 Å². The molecule has 1 aromatic heterocycles. The van der Waals surface area contributed by atoms with Crippen LogP contribution in [0.5, 0.6) is 5.75 Å². The van der Waals surface area contributed by atoms with Crippen LogP contribution >= 0.6 is 23.1 Å². The zero-order valence-electron chi connectivity index (χ0n) is 14.1. The van der Waals surface area contributed by atoms with Gasteiger partial charge in [0.2, 0.25) is 5.13 Å². The Kier molecular flexibility index (Phi) is 5.88. The van der Waals surface area contributed by atoms with Gasteiger partial charge in [-0.2, -0.15) is 0 Å². The van der Waals surface area contributed by atoms with Crippen molar-refractivity contribution in [1.82, 2.24) is 10.2 Å². The van der Waals surface area contributed by atoms with Gasteiger partial charge >= 0.3 is 0 Å². The summed E-state index contributed by atoms with van der Waals surface area (Å²) in [5.41, 5.74) is 0. The van der Waals surface area contributed by atoms with E-state index in [-0.39, 0.29) is 5.91 Å². The highest BCUT2D eigenvalue weighted by molar-refractivity contribution is 8.01. The minimum absolute atomic E-state index is 0.239. The summed E-state index contributed by atoms with van der Waals surface area (Å²) in [4.78, 5) is 12.3. The zero-order valence-corrected chi connectivity index (χ0v) is 15.7. The van der Waals surface area contributed by atoms with Crippen molar-refractivity contribution >= 4 is 44.9 Å². The summed E-state index contributed by atoms with van der Waals surface area (Å²) in [5, 5.41) is 13.5. The predicted octanol–water partition coefficient (Wildman–Crippen LogP) is 4.60. The number of fused-ring (bicyclic) bond motifs is 1. The molecular weight excluding hydrogens is 354 g/mol. The fourth-order valence-corrected chi connectivity index (χ4v) is 3.89. The van der Waals surface area contributed by atoms with Crippen molar-refractivity contribution in [2.75, 3.05) is 11.1 Å². The highest BCUT2D eigenvalue weighted by Crippen LogP contribution is 2.26. The highest BCUT2D eigenvalue weighted by atomic mass is 32.2. The Morgan fingerprint density at radius 2 is 2.04 bits per heavy atom. The normalized spacial score (nSPS) is 12.1. The number of aromatic nitrogens is 2. The molecule has 3 aromatic rings. The third-order valence-electron chi connectivity index (χ3n) is 3.47. The molecule has 7 heteroatoms. The molecule has 0 bridgehead atoms. The van der Waals surface area contributed by atoms with Gasteiger partial charge in [0.05, 0.1) is 0 Å². The van der Waals surface area contributed by atoms with Gasteiger partial charge in [-0.1, -0.05) is 60.4 Å². The van der Waals surface area contributed by atoms with Crippen LogP contribution in [-0.4, -0.2) is 28.0 Å². The molecule has 1 atom stereocenters. The summed E-state index contributed by atoms with van der Waals surface area (Å²) in [6, 6.07) is 13.8. The van der Waals surface area contributed by atoms with Gasteiger partial charge in [-0.05, 0) is 36.2 Å². The molecular formula is C18H19N3O2S2. The first kappa shape index (κ1) is 17.7. The first-order valence-electron chi connectivity index (χ1n) is 8.08. The Balaban J connectivity index is 1.60. The van der Waals surface area contributed by atoms with E-state index in [1.54, 1.807) is 18.7 Å². The molecule has 1 N–H and O–H groups in total. The van der Waals surface area contributed by atoms with E-state index in [0.29, 0.717) is 10.9 Å². The van der Waals surface area contributed by atoms with E-state index in [1.807, 2.05) is 42.5 Å². The Labute approximate surface area is 154 Å². The Morgan fingerprint density at radius 3 is 2.84 bits per heavy atom. The van der Waals surface area contributed by atoms with Crippen molar-refractivity contribution in [2.24, 2.45) is 0 Å². The maximum atomic E-state index is 12.3. The Morgan fingerprint density at radius 1 is 1.24 bits per heavy atom. The van der Waals surface area contributed by atoms with Crippen molar-refractivity contribution in [2.45, 2.75) is 30.7 Å². The quantitative estimate of drug-likeness (QED) is 0.484. The number of ether oxygens (including phenoxy) is 1. The molecule has 0 aliphatic rings. The first-order chi connectivity index (χ1) is 12.2. The van der Waals surface area contributed by atoms with Gasteiger partial charge in [0.25, 0.3) is 5.91 Å². The molecule has 0 aliphatic carbocycles. The Hall–Kier alpha value is -2.12. The predicted molar refractivity (Wildman–Crippen MR) is 104 cm³/mol. The lowest BCUT2D eigenvalue weighted by Crippen LogP contribution is -2.30. The van der Waals surface area contributed by atoms with Crippen molar-refractivity contribution in [1.29, 1.82) is 0 Å². The van der Waals surface area contributed by atoms with E-state index in [0.717, 1.165) is 27.3 Å². The van der Waals surface area contributed by atoms with Gasteiger partial charge in [-0.3, -0.25) is 10.1 Å². The summed E-state index contributed by atoms with van der Waals surface area (Å²) in [7, 11) is 0. The number of rotatable bonds is 7. The number of hydrogen-bond donors (Lipinski definition) is 1. The van der Waals surface area contributed by atoms with E-state index in [1.165, 1.54) is 11.3 Å². The molecule has 3 rings (SSSR count). The fourth-order valence-electron chi connectivity index (χ4n) is 2.21. The third kappa shape index (κ3) is 4.70. The van der Waals surface area contributed by atoms with Gasteiger partial charge in [0.1, 0.15) is 5.75 Å². The van der Waals surface area contributed by atoms with Gasteiger partial charge in [0, 0.05) is 5.75 Å². The molecule has 0 fully saturated rings. The summed E-state index contributed by atoms with van der Waals surface area (Å²) < 4.78 is 6.63. The molecule has 0 saturated heterocycles. The number of nitrogens with zero attached hydrogens (tertiary/aromatic N) is 2. The zero-order chi connectivity index (χ0) is 17.6. The average Bonchev–Trinajstić information content (AvgIpc) is 3.07. The number of anilines is 1. The molecule has 1 heterocycles. The smallest absolute Gasteiger partial charge is 0.266 e. The number of nitrogens with one attached hydrogen (secondary N) is 1. The molecule has 0 spiro atoms. The lowest BCUT2D eigenvalue weighted by Gasteiger charge is -2.14. The lowest BCUT2D eigenvalue weighted by atomic mass is 10.1. The summed E-state index contributed by atoms with van der Waals surface area (Å²) in [6.45, 7) is 3.83. The third-order valence-corrected chi connectivity index (χ3v) is 5.65. The number of hydrogen-bond acceptors (Lipinski definition) is 6. The van der Waals surface area contributed by atoms with Crippen LogP contribution in [0.15, 0.2) is 46.8 Å². The van der Waals surface area contributed by atoms with Crippen LogP contribution in [0.3, 0.4) is 0 Å². The largest absolute Gasteiger partial charge is 0.481 e. The topological polar surface area (TPSA) is 64.1 Å². The van der Waals surface area contributed by atoms with E-state index < -0.39 is 6.10 Å². The van der Waals surface area contributed by atoms with Crippen LogP contribution < -0.4 is 10.1 Å². The lowest BCUT2D eigenvalue weighted by molar-refractivity contribution is -0.122. The highest BCUT2D eigenvalue weighted by Gasteiger charge is 2.17. The SMILES string of the molecule is CCCSc1nnc(NC(=O)[C@H](C)Oc2ccc3ccccc3c2)s1. The maximum Gasteiger partial charge on any atom is 0.266 e. The summed E-state index contributed by atoms with van der Waals surface area (Å²) >= 11 is 3.02.